The summed E-state index contributed by atoms with van der Waals surface area (Å²) in [7, 11) is 0. The van der Waals surface area contributed by atoms with Crippen molar-refractivity contribution >= 4 is 29.7 Å². The fraction of sp³-hybridized carbons (Fsp3) is 0.643. The summed E-state index contributed by atoms with van der Waals surface area (Å²) in [5, 5.41) is 31.0. The summed E-state index contributed by atoms with van der Waals surface area (Å²) in [5.41, 5.74) is 5.30. The number of nitrogens with two attached hydrogens (primary N) is 1. The Labute approximate surface area is 143 Å². The minimum Gasteiger partial charge on any atom is -0.480 e. The van der Waals surface area contributed by atoms with E-state index in [-0.39, 0.29) is 32.1 Å². The third kappa shape index (κ3) is 9.91. The molecule has 0 aromatic carbocycles. The number of hydrogen-bond donors (Lipinski definition) is 6. The Kier molecular flexibility index (Phi) is 9.79. The molecule has 0 saturated carbocycles. The minimum atomic E-state index is -1.31. The second kappa shape index (κ2) is 11.0. The molecule has 11 nitrogen and oxygen atoms in total. The molecule has 0 heterocycles. The molecule has 0 rings (SSSR count). The zero-order valence-electron chi connectivity index (χ0n) is 13.7. The third-order valence-electron chi connectivity index (χ3n) is 3.29. The second-order valence-electron chi connectivity index (χ2n) is 5.46. The molecule has 0 aliphatic heterocycles. The average Bonchev–Trinajstić information content (AvgIpc) is 2.49. The van der Waals surface area contributed by atoms with Crippen LogP contribution in [0, 0.1) is 0 Å². The molecule has 0 radical (unpaired) electrons. The van der Waals surface area contributed by atoms with E-state index in [1.54, 1.807) is 0 Å². The van der Waals surface area contributed by atoms with Crippen LogP contribution in [0.3, 0.4) is 0 Å². The van der Waals surface area contributed by atoms with Gasteiger partial charge in [-0.1, -0.05) is 0 Å². The van der Waals surface area contributed by atoms with Crippen molar-refractivity contribution in [1.82, 2.24) is 10.6 Å². The Morgan fingerprint density at radius 2 is 1.36 bits per heavy atom. The van der Waals surface area contributed by atoms with Crippen LogP contribution in [0.25, 0.3) is 0 Å². The van der Waals surface area contributed by atoms with Gasteiger partial charge in [-0.3, -0.25) is 14.4 Å². The summed E-state index contributed by atoms with van der Waals surface area (Å²) in [6.45, 7) is 1.14. The fourth-order valence-corrected chi connectivity index (χ4v) is 1.97. The zero-order chi connectivity index (χ0) is 19.6. The van der Waals surface area contributed by atoms with Crippen molar-refractivity contribution in [3.8, 4) is 0 Å². The molecule has 0 saturated heterocycles. The highest BCUT2D eigenvalue weighted by molar-refractivity contribution is 5.85. The number of carbonyl (C=O) groups is 5. The van der Waals surface area contributed by atoms with E-state index in [1.807, 2.05) is 0 Å². The van der Waals surface area contributed by atoms with E-state index in [2.05, 4.69) is 10.6 Å². The smallest absolute Gasteiger partial charge is 0.326 e. The fourth-order valence-electron chi connectivity index (χ4n) is 1.97. The van der Waals surface area contributed by atoms with E-state index < -0.39 is 47.8 Å². The molecule has 0 fully saturated rings. The molecule has 0 aliphatic carbocycles. The summed E-state index contributed by atoms with van der Waals surface area (Å²) in [6.07, 6.45) is -0.282. The number of carbonyl (C=O) groups excluding carboxylic acids is 2. The normalized spacial score (nSPS) is 14.0. The first-order valence-electron chi connectivity index (χ1n) is 7.55. The Hall–Kier alpha value is -2.69. The molecule has 3 unspecified atom stereocenters. The Morgan fingerprint density at radius 1 is 0.840 bits per heavy atom. The van der Waals surface area contributed by atoms with Crippen LogP contribution >= 0.6 is 0 Å². The van der Waals surface area contributed by atoms with Gasteiger partial charge in [-0.2, -0.15) is 0 Å². The summed E-state index contributed by atoms with van der Waals surface area (Å²) < 4.78 is 0. The van der Waals surface area contributed by atoms with Crippen LogP contribution in [-0.4, -0.2) is 63.2 Å². The molecule has 142 valence electrons. The van der Waals surface area contributed by atoms with E-state index in [9.17, 15) is 24.0 Å². The maximum Gasteiger partial charge on any atom is 0.326 e. The van der Waals surface area contributed by atoms with Crippen LogP contribution in [0.4, 0.5) is 0 Å². The molecule has 0 spiro atoms. The van der Waals surface area contributed by atoms with Crippen LogP contribution in [-0.2, 0) is 24.0 Å². The first kappa shape index (κ1) is 22.3. The molecule has 0 aliphatic rings. The van der Waals surface area contributed by atoms with Crippen molar-refractivity contribution in [3.63, 3.8) is 0 Å². The monoisotopic (exact) mass is 361 g/mol. The van der Waals surface area contributed by atoms with Gasteiger partial charge in [-0.15, -0.1) is 0 Å². The second-order valence-corrected chi connectivity index (χ2v) is 5.46. The summed E-state index contributed by atoms with van der Waals surface area (Å²) in [5.74, 6) is -5.06. The SMILES string of the molecule is CC(=O)NC(CCC(=O)NC(CCCC(N)C(=O)O)C(=O)O)C(=O)O. The zero-order valence-corrected chi connectivity index (χ0v) is 13.7. The quantitative estimate of drug-likeness (QED) is 0.240. The number of hydrogen-bond acceptors (Lipinski definition) is 6. The molecule has 3 atom stereocenters. The van der Waals surface area contributed by atoms with Gasteiger partial charge in [0.2, 0.25) is 11.8 Å². The highest BCUT2D eigenvalue weighted by Gasteiger charge is 2.23. The van der Waals surface area contributed by atoms with E-state index in [1.165, 1.54) is 0 Å². The largest absolute Gasteiger partial charge is 0.480 e. The van der Waals surface area contributed by atoms with Crippen LogP contribution in [0.15, 0.2) is 0 Å². The Balaban J connectivity index is 4.44. The first-order chi connectivity index (χ1) is 11.5. The third-order valence-corrected chi connectivity index (χ3v) is 3.29. The maximum absolute atomic E-state index is 11.8. The summed E-state index contributed by atoms with van der Waals surface area (Å²) in [6, 6.07) is -3.60. The van der Waals surface area contributed by atoms with Gasteiger partial charge in [0.1, 0.15) is 18.1 Å². The Morgan fingerprint density at radius 3 is 1.80 bits per heavy atom. The van der Waals surface area contributed by atoms with E-state index in [4.69, 9.17) is 21.1 Å². The molecule has 25 heavy (non-hydrogen) atoms. The van der Waals surface area contributed by atoms with Crippen LogP contribution in [0.2, 0.25) is 0 Å². The number of rotatable bonds is 12. The lowest BCUT2D eigenvalue weighted by Gasteiger charge is -2.16. The minimum absolute atomic E-state index is 0.0177. The maximum atomic E-state index is 11.8. The molecule has 0 aromatic rings. The summed E-state index contributed by atoms with van der Waals surface area (Å²) >= 11 is 0. The number of carboxylic acid groups (broad SMARTS) is 3. The van der Waals surface area contributed by atoms with Gasteiger partial charge in [-0.05, 0) is 25.7 Å². The highest BCUT2D eigenvalue weighted by Crippen LogP contribution is 2.06. The number of nitrogens with one attached hydrogen (secondary N) is 2. The number of amides is 2. The predicted octanol–water partition coefficient (Wildman–Crippen LogP) is -1.49. The lowest BCUT2D eigenvalue weighted by atomic mass is 10.1. The number of carboxylic acids is 3. The van der Waals surface area contributed by atoms with Gasteiger partial charge in [0.25, 0.3) is 0 Å². The summed E-state index contributed by atoms with van der Waals surface area (Å²) in [4.78, 5) is 55.3. The van der Waals surface area contributed by atoms with E-state index in [0.717, 1.165) is 6.92 Å². The molecule has 0 bridgehead atoms. The molecule has 11 heteroatoms. The number of aliphatic carboxylic acids is 3. The van der Waals surface area contributed by atoms with Crippen molar-refractivity contribution in [2.45, 2.75) is 57.2 Å². The predicted molar refractivity (Wildman–Crippen MR) is 83.5 cm³/mol. The van der Waals surface area contributed by atoms with Gasteiger partial charge in [0, 0.05) is 13.3 Å². The van der Waals surface area contributed by atoms with Gasteiger partial charge < -0.3 is 31.7 Å². The lowest BCUT2D eigenvalue weighted by molar-refractivity contribution is -0.143. The molecule has 2 amide bonds. The molecular formula is C14H23N3O8. The lowest BCUT2D eigenvalue weighted by Crippen LogP contribution is -2.43. The van der Waals surface area contributed by atoms with Gasteiger partial charge in [0.05, 0.1) is 0 Å². The van der Waals surface area contributed by atoms with Crippen molar-refractivity contribution in [2.24, 2.45) is 5.73 Å². The van der Waals surface area contributed by atoms with E-state index >= 15 is 0 Å². The van der Waals surface area contributed by atoms with Crippen molar-refractivity contribution < 1.29 is 39.3 Å². The van der Waals surface area contributed by atoms with Gasteiger partial charge >= 0.3 is 17.9 Å². The Bertz CT molecular complexity index is 522. The van der Waals surface area contributed by atoms with Crippen molar-refractivity contribution in [3.05, 3.63) is 0 Å². The highest BCUT2D eigenvalue weighted by atomic mass is 16.4. The molecule has 0 aromatic heterocycles. The average molecular weight is 361 g/mol. The van der Waals surface area contributed by atoms with Gasteiger partial charge in [-0.25, -0.2) is 9.59 Å². The standard InChI is InChI=1S/C14H23N3O8/c1-7(18)16-10(14(24)25)5-6-11(19)17-9(13(22)23)4-2-3-8(15)12(20)21/h8-10H,2-6,15H2,1H3,(H,16,18)(H,17,19)(H,20,21)(H,22,23)(H,24,25). The van der Waals surface area contributed by atoms with Crippen LogP contribution in [0.5, 0.6) is 0 Å². The molecule has 7 N–H and O–H groups in total. The molecular weight excluding hydrogens is 338 g/mol. The van der Waals surface area contributed by atoms with Crippen molar-refractivity contribution in [1.29, 1.82) is 0 Å². The topological polar surface area (TPSA) is 196 Å². The van der Waals surface area contributed by atoms with Gasteiger partial charge in [0.15, 0.2) is 0 Å². The van der Waals surface area contributed by atoms with Crippen LogP contribution < -0.4 is 16.4 Å². The van der Waals surface area contributed by atoms with Crippen molar-refractivity contribution in [2.75, 3.05) is 0 Å². The van der Waals surface area contributed by atoms with E-state index in [0.29, 0.717) is 0 Å². The first-order valence-corrected chi connectivity index (χ1v) is 7.55. The van der Waals surface area contributed by atoms with Crippen LogP contribution in [0.1, 0.15) is 39.0 Å².